The van der Waals surface area contributed by atoms with Gasteiger partial charge in [-0.05, 0) is 76.2 Å². The summed E-state index contributed by atoms with van der Waals surface area (Å²) >= 11 is 0. The molecule has 2 aliphatic rings. The van der Waals surface area contributed by atoms with Crippen molar-refractivity contribution in [3.63, 3.8) is 0 Å². The lowest BCUT2D eigenvalue weighted by molar-refractivity contribution is -0.121. The zero-order chi connectivity index (χ0) is 16.2. The second-order valence-electron chi connectivity index (χ2n) is 7.06. The van der Waals surface area contributed by atoms with E-state index >= 15 is 0 Å². The zero-order valence-corrected chi connectivity index (χ0v) is 14.0. The summed E-state index contributed by atoms with van der Waals surface area (Å²) in [5, 5.41) is 2.98. The van der Waals surface area contributed by atoms with Gasteiger partial charge in [0.1, 0.15) is 5.82 Å². The van der Waals surface area contributed by atoms with Crippen LogP contribution in [0.1, 0.15) is 50.1 Å². The first-order valence-corrected chi connectivity index (χ1v) is 8.84. The summed E-state index contributed by atoms with van der Waals surface area (Å²) in [7, 11) is 2.16. The number of aromatic nitrogens is 1. The number of carbonyl (C=O) groups is 1. The van der Waals surface area contributed by atoms with Gasteiger partial charge in [-0.2, -0.15) is 0 Å². The van der Waals surface area contributed by atoms with Gasteiger partial charge in [0.2, 0.25) is 5.91 Å². The van der Waals surface area contributed by atoms with Crippen LogP contribution in [0.5, 0.6) is 0 Å². The number of nitrogens with zero attached hydrogens (tertiary/aromatic N) is 2. The summed E-state index contributed by atoms with van der Waals surface area (Å²) in [4.78, 5) is 19.2. The minimum absolute atomic E-state index is 0.110. The molecule has 2 fully saturated rings. The molecule has 1 saturated carbocycles. The van der Waals surface area contributed by atoms with Crippen LogP contribution in [0.25, 0.3) is 0 Å². The Morgan fingerprint density at radius 2 is 2.09 bits per heavy atom. The minimum Gasteiger partial charge on any atom is -0.330 e. The predicted molar refractivity (Wildman–Crippen MR) is 92.0 cm³/mol. The van der Waals surface area contributed by atoms with E-state index in [1.54, 1.807) is 0 Å². The lowest BCUT2D eigenvalue weighted by Gasteiger charge is -2.26. The molecule has 3 rings (SSSR count). The molecule has 5 nitrogen and oxygen atoms in total. The van der Waals surface area contributed by atoms with Crippen molar-refractivity contribution in [2.45, 2.75) is 44.6 Å². The predicted octanol–water partition coefficient (Wildman–Crippen LogP) is 2.55. The van der Waals surface area contributed by atoms with Crippen LogP contribution in [0.3, 0.4) is 0 Å². The number of hydrogen-bond donors (Lipinski definition) is 2. The van der Waals surface area contributed by atoms with Crippen molar-refractivity contribution in [3.8, 4) is 0 Å². The molecule has 126 valence electrons. The molecule has 0 radical (unpaired) electrons. The first-order valence-electron chi connectivity index (χ1n) is 8.84. The molecule has 3 N–H and O–H groups in total. The van der Waals surface area contributed by atoms with Crippen molar-refractivity contribution in [2.24, 2.45) is 17.6 Å². The van der Waals surface area contributed by atoms with Gasteiger partial charge < -0.3 is 11.1 Å². The van der Waals surface area contributed by atoms with Crippen LogP contribution in [0, 0.1) is 11.8 Å². The maximum atomic E-state index is 12.4. The fourth-order valence-electron chi connectivity index (χ4n) is 3.90. The Hall–Kier alpha value is -1.46. The van der Waals surface area contributed by atoms with Gasteiger partial charge in [0.15, 0.2) is 0 Å². The molecule has 0 spiro atoms. The molecule has 1 unspecified atom stereocenters. The first-order chi connectivity index (χ1) is 11.2. The average molecular weight is 316 g/mol. The van der Waals surface area contributed by atoms with E-state index in [1.165, 1.54) is 18.4 Å². The standard InChI is InChI=1S/C18H28N4O/c1-22-10-2-3-16(22)15-8-9-17(20-12-15)21-18(23)14-6-4-13(11-19)5-7-14/h8-9,12-14,16H,2-7,10-11,19H2,1H3,(H,20,21,23). The van der Waals surface area contributed by atoms with Crippen molar-refractivity contribution >= 4 is 11.7 Å². The Kier molecular flexibility index (Phi) is 5.28. The van der Waals surface area contributed by atoms with E-state index < -0.39 is 0 Å². The summed E-state index contributed by atoms with van der Waals surface area (Å²) in [5.74, 6) is 1.49. The monoisotopic (exact) mass is 316 g/mol. The number of anilines is 1. The maximum Gasteiger partial charge on any atom is 0.228 e. The van der Waals surface area contributed by atoms with E-state index in [0.717, 1.165) is 38.8 Å². The number of hydrogen-bond acceptors (Lipinski definition) is 4. The maximum absolute atomic E-state index is 12.4. The molecule has 0 bridgehead atoms. The lowest BCUT2D eigenvalue weighted by Crippen LogP contribution is -2.29. The van der Waals surface area contributed by atoms with Crippen molar-refractivity contribution in [3.05, 3.63) is 23.9 Å². The third kappa shape index (κ3) is 3.90. The Labute approximate surface area is 138 Å². The van der Waals surface area contributed by atoms with E-state index in [-0.39, 0.29) is 11.8 Å². The molecule has 1 aliphatic carbocycles. The minimum atomic E-state index is 0.110. The first kappa shape index (κ1) is 16.4. The third-order valence-corrected chi connectivity index (χ3v) is 5.49. The number of rotatable bonds is 4. The van der Waals surface area contributed by atoms with Crippen LogP contribution in [-0.2, 0) is 4.79 Å². The molecular formula is C18H28N4O. The molecule has 1 aromatic rings. The summed E-state index contributed by atoms with van der Waals surface area (Å²) in [6.45, 7) is 1.89. The van der Waals surface area contributed by atoms with Gasteiger partial charge >= 0.3 is 0 Å². The number of amides is 1. The van der Waals surface area contributed by atoms with Gasteiger partial charge in [-0.15, -0.1) is 0 Å². The Balaban J connectivity index is 1.55. The SMILES string of the molecule is CN1CCCC1c1ccc(NC(=O)C2CCC(CN)CC2)nc1. The highest BCUT2D eigenvalue weighted by atomic mass is 16.1. The summed E-state index contributed by atoms with van der Waals surface area (Å²) in [5.41, 5.74) is 6.95. The normalized spacial score (nSPS) is 28.7. The summed E-state index contributed by atoms with van der Waals surface area (Å²) < 4.78 is 0. The van der Waals surface area contributed by atoms with Crippen molar-refractivity contribution in [2.75, 3.05) is 25.5 Å². The number of pyridine rings is 1. The molecule has 0 aromatic carbocycles. The van der Waals surface area contributed by atoms with Crippen LogP contribution in [-0.4, -0.2) is 35.9 Å². The molecular weight excluding hydrogens is 288 g/mol. The average Bonchev–Trinajstić information content (AvgIpc) is 3.01. The van der Waals surface area contributed by atoms with Crippen LogP contribution in [0.15, 0.2) is 18.3 Å². The zero-order valence-electron chi connectivity index (χ0n) is 14.0. The van der Waals surface area contributed by atoms with E-state index in [0.29, 0.717) is 17.8 Å². The van der Waals surface area contributed by atoms with Crippen LogP contribution < -0.4 is 11.1 Å². The van der Waals surface area contributed by atoms with Gasteiger partial charge in [0.05, 0.1) is 0 Å². The fourth-order valence-corrected chi connectivity index (χ4v) is 3.90. The van der Waals surface area contributed by atoms with E-state index in [9.17, 15) is 4.79 Å². The van der Waals surface area contributed by atoms with Crippen molar-refractivity contribution < 1.29 is 4.79 Å². The third-order valence-electron chi connectivity index (χ3n) is 5.49. The smallest absolute Gasteiger partial charge is 0.228 e. The van der Waals surface area contributed by atoms with Gasteiger partial charge in [-0.1, -0.05) is 6.07 Å². The topological polar surface area (TPSA) is 71.2 Å². The quantitative estimate of drug-likeness (QED) is 0.895. The Morgan fingerprint density at radius 3 is 2.65 bits per heavy atom. The van der Waals surface area contributed by atoms with E-state index in [1.807, 2.05) is 12.3 Å². The molecule has 1 saturated heterocycles. The molecule has 23 heavy (non-hydrogen) atoms. The summed E-state index contributed by atoms with van der Waals surface area (Å²) in [6, 6.07) is 4.50. The Bertz CT molecular complexity index is 522. The Morgan fingerprint density at radius 1 is 1.30 bits per heavy atom. The van der Waals surface area contributed by atoms with Gasteiger partial charge in [0.25, 0.3) is 0 Å². The van der Waals surface area contributed by atoms with Crippen LogP contribution in [0.4, 0.5) is 5.82 Å². The number of likely N-dealkylation sites (tertiary alicyclic amines) is 1. The second-order valence-corrected chi connectivity index (χ2v) is 7.06. The van der Waals surface area contributed by atoms with Gasteiger partial charge in [-0.3, -0.25) is 9.69 Å². The highest BCUT2D eigenvalue weighted by molar-refractivity contribution is 5.91. The molecule has 1 aliphatic heterocycles. The van der Waals surface area contributed by atoms with Crippen LogP contribution >= 0.6 is 0 Å². The molecule has 1 atom stereocenters. The summed E-state index contributed by atoms with van der Waals surface area (Å²) in [6.07, 6.45) is 8.36. The van der Waals surface area contributed by atoms with Crippen molar-refractivity contribution in [1.82, 2.24) is 9.88 Å². The van der Waals surface area contributed by atoms with Crippen LogP contribution in [0.2, 0.25) is 0 Å². The highest BCUT2D eigenvalue weighted by Crippen LogP contribution is 2.31. The number of nitrogens with one attached hydrogen (secondary N) is 1. The van der Waals surface area contributed by atoms with Gasteiger partial charge in [-0.25, -0.2) is 4.98 Å². The molecule has 5 heteroatoms. The van der Waals surface area contributed by atoms with E-state index in [4.69, 9.17) is 5.73 Å². The molecule has 2 heterocycles. The molecule has 1 aromatic heterocycles. The number of carbonyl (C=O) groups excluding carboxylic acids is 1. The van der Waals surface area contributed by atoms with E-state index in [2.05, 4.69) is 28.3 Å². The number of nitrogens with two attached hydrogens (primary N) is 1. The molecule has 1 amide bonds. The lowest BCUT2D eigenvalue weighted by atomic mass is 9.81. The van der Waals surface area contributed by atoms with Crippen molar-refractivity contribution in [1.29, 1.82) is 0 Å². The highest BCUT2D eigenvalue weighted by Gasteiger charge is 2.26. The van der Waals surface area contributed by atoms with Gasteiger partial charge in [0, 0.05) is 18.2 Å². The fraction of sp³-hybridized carbons (Fsp3) is 0.667. The second kappa shape index (κ2) is 7.41. The largest absolute Gasteiger partial charge is 0.330 e.